The van der Waals surface area contributed by atoms with E-state index in [1.807, 2.05) is 54.8 Å². The zero-order valence-corrected chi connectivity index (χ0v) is 15.2. The van der Waals surface area contributed by atoms with Crippen molar-refractivity contribution in [2.45, 2.75) is 11.4 Å². The van der Waals surface area contributed by atoms with Gasteiger partial charge >= 0.3 is 0 Å². The molecule has 0 fully saturated rings. The van der Waals surface area contributed by atoms with Gasteiger partial charge in [0.05, 0.1) is 11.6 Å². The van der Waals surface area contributed by atoms with E-state index < -0.39 is 0 Å². The van der Waals surface area contributed by atoms with Crippen LogP contribution in [0.4, 0.5) is 0 Å². The first kappa shape index (κ1) is 17.8. The van der Waals surface area contributed by atoms with Crippen molar-refractivity contribution >= 4 is 17.7 Å². The van der Waals surface area contributed by atoms with Crippen LogP contribution < -0.4 is 5.32 Å². The van der Waals surface area contributed by atoms with Gasteiger partial charge in [0.1, 0.15) is 0 Å². The number of benzene rings is 3. The van der Waals surface area contributed by atoms with Crippen molar-refractivity contribution in [2.24, 2.45) is 0 Å². The molecule has 0 heterocycles. The molecule has 1 N–H and O–H groups in total. The molecule has 3 aromatic carbocycles. The quantitative estimate of drug-likeness (QED) is 0.662. The molecule has 0 spiro atoms. The summed E-state index contributed by atoms with van der Waals surface area (Å²) in [5.74, 6) is -0.112. The molecule has 0 aliphatic rings. The maximum absolute atomic E-state index is 12.7. The molecule has 0 atom stereocenters. The first-order valence-electron chi connectivity index (χ1n) is 8.22. The lowest BCUT2D eigenvalue weighted by Crippen LogP contribution is -2.23. The van der Waals surface area contributed by atoms with Crippen molar-refractivity contribution in [3.8, 4) is 17.2 Å². The first-order valence-corrected chi connectivity index (χ1v) is 9.44. The number of nitriles is 1. The van der Waals surface area contributed by atoms with E-state index in [1.54, 1.807) is 23.9 Å². The Labute approximate surface area is 157 Å². The lowest BCUT2D eigenvalue weighted by Gasteiger charge is -2.11. The summed E-state index contributed by atoms with van der Waals surface area (Å²) in [7, 11) is 0. The number of nitrogens with one attached hydrogen (secondary N) is 1. The Balaban J connectivity index is 1.80. The minimum absolute atomic E-state index is 0.112. The summed E-state index contributed by atoms with van der Waals surface area (Å²) in [6.45, 7) is 0.420. The summed E-state index contributed by atoms with van der Waals surface area (Å²) in [5.41, 5.74) is 4.17. The van der Waals surface area contributed by atoms with Crippen LogP contribution in [0.2, 0.25) is 0 Å². The molecule has 0 saturated carbocycles. The van der Waals surface area contributed by atoms with Crippen LogP contribution in [0.25, 0.3) is 11.1 Å². The molecular weight excluding hydrogens is 340 g/mol. The number of carbonyl (C=O) groups is 1. The van der Waals surface area contributed by atoms with E-state index in [1.165, 1.54) is 0 Å². The smallest absolute Gasteiger partial charge is 0.252 e. The van der Waals surface area contributed by atoms with E-state index in [0.717, 1.165) is 21.6 Å². The summed E-state index contributed by atoms with van der Waals surface area (Å²) in [5, 5.41) is 11.8. The van der Waals surface area contributed by atoms with Crippen LogP contribution in [-0.2, 0) is 6.54 Å². The number of hydrogen-bond donors (Lipinski definition) is 1. The van der Waals surface area contributed by atoms with Gasteiger partial charge in [0, 0.05) is 17.0 Å². The minimum Gasteiger partial charge on any atom is -0.348 e. The zero-order chi connectivity index (χ0) is 18.4. The fraction of sp³-hybridized carbons (Fsp3) is 0.0909. The lowest BCUT2D eigenvalue weighted by atomic mass is 9.99. The molecule has 0 unspecified atom stereocenters. The van der Waals surface area contributed by atoms with Crippen molar-refractivity contribution < 1.29 is 4.79 Å². The Kier molecular flexibility index (Phi) is 5.73. The molecule has 3 nitrogen and oxygen atoms in total. The molecule has 4 heteroatoms. The predicted molar refractivity (Wildman–Crippen MR) is 106 cm³/mol. The average molecular weight is 358 g/mol. The highest BCUT2D eigenvalue weighted by atomic mass is 32.2. The van der Waals surface area contributed by atoms with Gasteiger partial charge in [-0.15, -0.1) is 11.8 Å². The van der Waals surface area contributed by atoms with Gasteiger partial charge in [-0.05, 0) is 53.3 Å². The average Bonchev–Trinajstić information content (AvgIpc) is 2.72. The highest BCUT2D eigenvalue weighted by Gasteiger charge is 2.12. The molecule has 0 aliphatic carbocycles. The normalized spacial score (nSPS) is 10.2. The van der Waals surface area contributed by atoms with E-state index in [9.17, 15) is 4.79 Å². The molecule has 0 radical (unpaired) electrons. The summed E-state index contributed by atoms with van der Waals surface area (Å²) >= 11 is 1.68. The summed E-state index contributed by atoms with van der Waals surface area (Å²) in [6, 6.07) is 25.1. The second-order valence-corrected chi connectivity index (χ2v) is 6.65. The van der Waals surface area contributed by atoms with Crippen LogP contribution in [0.15, 0.2) is 77.7 Å². The molecule has 128 valence electrons. The SMILES string of the molecule is CSc1cccc(-c2ccccc2C(=O)NCc2ccc(C#N)cc2)c1. The molecule has 3 rings (SSSR count). The van der Waals surface area contributed by atoms with Crippen LogP contribution >= 0.6 is 11.8 Å². The van der Waals surface area contributed by atoms with Crippen molar-refractivity contribution in [2.75, 3.05) is 6.26 Å². The van der Waals surface area contributed by atoms with Gasteiger partial charge in [-0.3, -0.25) is 4.79 Å². The third-order valence-electron chi connectivity index (χ3n) is 4.09. The second-order valence-electron chi connectivity index (χ2n) is 5.77. The largest absolute Gasteiger partial charge is 0.348 e. The Morgan fingerprint density at radius 3 is 2.54 bits per heavy atom. The van der Waals surface area contributed by atoms with Gasteiger partial charge in [-0.1, -0.05) is 42.5 Å². The minimum atomic E-state index is -0.112. The molecule has 26 heavy (non-hydrogen) atoms. The van der Waals surface area contributed by atoms with Crippen molar-refractivity contribution in [3.05, 3.63) is 89.5 Å². The van der Waals surface area contributed by atoms with E-state index >= 15 is 0 Å². The van der Waals surface area contributed by atoms with Crippen molar-refractivity contribution in [3.63, 3.8) is 0 Å². The van der Waals surface area contributed by atoms with Gasteiger partial charge in [-0.2, -0.15) is 5.26 Å². The fourth-order valence-electron chi connectivity index (χ4n) is 2.70. The van der Waals surface area contributed by atoms with Gasteiger partial charge < -0.3 is 5.32 Å². The first-order chi connectivity index (χ1) is 12.7. The summed E-state index contributed by atoms with van der Waals surface area (Å²) < 4.78 is 0. The highest BCUT2D eigenvalue weighted by Crippen LogP contribution is 2.27. The molecular formula is C22H18N2OS. The maximum Gasteiger partial charge on any atom is 0.252 e. The summed E-state index contributed by atoms with van der Waals surface area (Å²) in [6.07, 6.45) is 2.04. The molecule has 1 amide bonds. The Bertz CT molecular complexity index is 958. The van der Waals surface area contributed by atoms with Crippen molar-refractivity contribution in [1.29, 1.82) is 5.26 Å². The molecule has 0 bridgehead atoms. The van der Waals surface area contributed by atoms with E-state index in [0.29, 0.717) is 17.7 Å². The second kappa shape index (κ2) is 8.37. The van der Waals surface area contributed by atoms with Crippen LogP contribution in [0, 0.1) is 11.3 Å². The fourth-order valence-corrected chi connectivity index (χ4v) is 3.16. The molecule has 0 aromatic heterocycles. The highest BCUT2D eigenvalue weighted by molar-refractivity contribution is 7.98. The Morgan fingerprint density at radius 2 is 1.81 bits per heavy atom. The molecule has 0 aliphatic heterocycles. The zero-order valence-electron chi connectivity index (χ0n) is 14.4. The number of hydrogen-bond acceptors (Lipinski definition) is 3. The van der Waals surface area contributed by atoms with E-state index in [-0.39, 0.29) is 5.91 Å². The number of carbonyl (C=O) groups excluding carboxylic acids is 1. The number of thioether (sulfide) groups is 1. The third kappa shape index (κ3) is 4.14. The van der Waals surface area contributed by atoms with E-state index in [2.05, 4.69) is 23.5 Å². The molecule has 3 aromatic rings. The standard InChI is InChI=1S/C22H18N2OS/c1-26-19-6-4-5-18(13-19)20-7-2-3-8-21(20)22(25)24-15-17-11-9-16(14-23)10-12-17/h2-13H,15H2,1H3,(H,24,25). The van der Waals surface area contributed by atoms with Gasteiger partial charge in [0.25, 0.3) is 5.91 Å². The van der Waals surface area contributed by atoms with E-state index in [4.69, 9.17) is 5.26 Å². The maximum atomic E-state index is 12.7. The topological polar surface area (TPSA) is 52.9 Å². The van der Waals surface area contributed by atoms with Crippen molar-refractivity contribution in [1.82, 2.24) is 5.32 Å². The van der Waals surface area contributed by atoms with Gasteiger partial charge in [-0.25, -0.2) is 0 Å². The monoisotopic (exact) mass is 358 g/mol. The van der Waals surface area contributed by atoms with Gasteiger partial charge in [0.15, 0.2) is 0 Å². The van der Waals surface area contributed by atoms with Gasteiger partial charge in [0.2, 0.25) is 0 Å². The predicted octanol–water partition coefficient (Wildman–Crippen LogP) is 4.88. The van der Waals surface area contributed by atoms with Crippen LogP contribution in [0.5, 0.6) is 0 Å². The Morgan fingerprint density at radius 1 is 1.04 bits per heavy atom. The number of rotatable bonds is 5. The third-order valence-corrected chi connectivity index (χ3v) is 4.81. The van der Waals surface area contributed by atoms with Crippen LogP contribution in [-0.4, -0.2) is 12.2 Å². The number of amides is 1. The number of nitrogens with zero attached hydrogens (tertiary/aromatic N) is 1. The van der Waals surface area contributed by atoms with Crippen LogP contribution in [0.1, 0.15) is 21.5 Å². The van der Waals surface area contributed by atoms with Crippen LogP contribution in [0.3, 0.4) is 0 Å². The lowest BCUT2D eigenvalue weighted by molar-refractivity contribution is 0.0951. The molecule has 0 saturated heterocycles. The summed E-state index contributed by atoms with van der Waals surface area (Å²) in [4.78, 5) is 13.9. The Hall–Kier alpha value is -3.03.